The molecule has 0 aliphatic heterocycles. The Hall–Kier alpha value is -2.26. The van der Waals surface area contributed by atoms with E-state index < -0.39 is 0 Å². The standard InChI is InChI=1S/C16H12ClNO2/c17-13-6-2-4-8-16(13)20-10-15(19)12-9-18-14-7-3-1-5-11(12)14/h1-9,18H,10H2. The van der Waals surface area contributed by atoms with E-state index in [2.05, 4.69) is 4.98 Å². The number of ether oxygens (including phenoxy) is 1. The molecular formula is C16H12ClNO2. The second-order valence-electron chi connectivity index (χ2n) is 4.39. The van der Waals surface area contributed by atoms with E-state index in [1.54, 1.807) is 18.3 Å². The number of carbonyl (C=O) groups is 1. The van der Waals surface area contributed by atoms with Crippen LogP contribution in [0.4, 0.5) is 0 Å². The molecule has 1 aromatic heterocycles. The number of fused-ring (bicyclic) bond motifs is 1. The summed E-state index contributed by atoms with van der Waals surface area (Å²) in [5, 5.41) is 1.40. The molecule has 3 aromatic rings. The lowest BCUT2D eigenvalue weighted by atomic mass is 10.1. The molecule has 0 saturated heterocycles. The molecule has 0 saturated carbocycles. The molecule has 3 rings (SSSR count). The quantitative estimate of drug-likeness (QED) is 0.734. The molecular weight excluding hydrogens is 274 g/mol. The zero-order valence-corrected chi connectivity index (χ0v) is 11.4. The number of aromatic amines is 1. The van der Waals surface area contributed by atoms with Gasteiger partial charge >= 0.3 is 0 Å². The fourth-order valence-electron chi connectivity index (χ4n) is 2.09. The van der Waals surface area contributed by atoms with Gasteiger partial charge in [-0.05, 0) is 18.2 Å². The van der Waals surface area contributed by atoms with Crippen molar-refractivity contribution in [2.45, 2.75) is 0 Å². The normalized spacial score (nSPS) is 10.7. The molecule has 0 aliphatic rings. The third-order valence-electron chi connectivity index (χ3n) is 3.09. The lowest BCUT2D eigenvalue weighted by Gasteiger charge is -2.06. The van der Waals surface area contributed by atoms with Crippen LogP contribution in [0.5, 0.6) is 5.75 Å². The molecule has 0 unspecified atom stereocenters. The van der Waals surface area contributed by atoms with E-state index in [9.17, 15) is 4.79 Å². The minimum absolute atomic E-state index is 0.0361. The monoisotopic (exact) mass is 285 g/mol. The van der Waals surface area contributed by atoms with Gasteiger partial charge in [-0.1, -0.05) is 41.9 Å². The number of Topliss-reactive ketones (excluding diaryl/α,β-unsaturated/α-hetero) is 1. The molecule has 0 amide bonds. The van der Waals surface area contributed by atoms with Crippen molar-refractivity contribution in [2.24, 2.45) is 0 Å². The number of rotatable bonds is 4. The molecule has 20 heavy (non-hydrogen) atoms. The average Bonchev–Trinajstić information content (AvgIpc) is 2.90. The molecule has 0 aliphatic carbocycles. The van der Waals surface area contributed by atoms with Crippen LogP contribution in [-0.2, 0) is 0 Å². The first-order valence-electron chi connectivity index (χ1n) is 6.22. The summed E-state index contributed by atoms with van der Waals surface area (Å²) in [4.78, 5) is 15.3. The second-order valence-corrected chi connectivity index (χ2v) is 4.80. The fraction of sp³-hybridized carbons (Fsp3) is 0.0625. The van der Waals surface area contributed by atoms with Crippen molar-refractivity contribution in [2.75, 3.05) is 6.61 Å². The Kier molecular flexibility index (Phi) is 3.44. The van der Waals surface area contributed by atoms with Gasteiger partial charge < -0.3 is 9.72 Å². The van der Waals surface area contributed by atoms with Crippen LogP contribution in [0.15, 0.2) is 54.7 Å². The largest absolute Gasteiger partial charge is 0.484 e. The maximum Gasteiger partial charge on any atom is 0.202 e. The Morgan fingerprint density at radius 3 is 2.70 bits per heavy atom. The van der Waals surface area contributed by atoms with Gasteiger partial charge in [-0.2, -0.15) is 0 Å². The lowest BCUT2D eigenvalue weighted by Crippen LogP contribution is -2.11. The van der Waals surface area contributed by atoms with E-state index in [1.807, 2.05) is 36.4 Å². The van der Waals surface area contributed by atoms with Gasteiger partial charge in [0.2, 0.25) is 5.78 Å². The minimum atomic E-state index is -0.0811. The molecule has 100 valence electrons. The molecule has 2 aromatic carbocycles. The second kappa shape index (κ2) is 5.39. The molecule has 0 atom stereocenters. The maximum absolute atomic E-state index is 12.2. The van der Waals surface area contributed by atoms with Gasteiger partial charge in [0.25, 0.3) is 0 Å². The van der Waals surface area contributed by atoms with Crippen LogP contribution >= 0.6 is 11.6 Å². The first kappa shape index (κ1) is 12.8. The highest BCUT2D eigenvalue weighted by atomic mass is 35.5. The van der Waals surface area contributed by atoms with E-state index in [1.165, 1.54) is 0 Å². The van der Waals surface area contributed by atoms with E-state index in [4.69, 9.17) is 16.3 Å². The van der Waals surface area contributed by atoms with Gasteiger partial charge in [0, 0.05) is 22.7 Å². The highest BCUT2D eigenvalue weighted by Gasteiger charge is 2.13. The molecule has 0 radical (unpaired) electrons. The van der Waals surface area contributed by atoms with E-state index in [0.717, 1.165) is 10.9 Å². The number of para-hydroxylation sites is 2. The van der Waals surface area contributed by atoms with Crippen LogP contribution in [0, 0.1) is 0 Å². The van der Waals surface area contributed by atoms with Gasteiger partial charge in [-0.15, -0.1) is 0 Å². The third-order valence-corrected chi connectivity index (χ3v) is 3.40. The first-order valence-corrected chi connectivity index (χ1v) is 6.60. The van der Waals surface area contributed by atoms with Crippen molar-refractivity contribution in [1.82, 2.24) is 4.98 Å². The smallest absolute Gasteiger partial charge is 0.202 e. The van der Waals surface area contributed by atoms with Crippen molar-refractivity contribution >= 4 is 28.3 Å². The highest BCUT2D eigenvalue weighted by molar-refractivity contribution is 6.32. The van der Waals surface area contributed by atoms with Crippen molar-refractivity contribution in [1.29, 1.82) is 0 Å². The Morgan fingerprint density at radius 1 is 1.10 bits per heavy atom. The summed E-state index contributed by atoms with van der Waals surface area (Å²) in [6, 6.07) is 14.8. The number of carbonyl (C=O) groups excluding carboxylic acids is 1. The number of H-pyrrole nitrogens is 1. The summed E-state index contributed by atoms with van der Waals surface area (Å²) in [6.45, 7) is -0.0361. The van der Waals surface area contributed by atoms with Crippen LogP contribution in [0.2, 0.25) is 5.02 Å². The van der Waals surface area contributed by atoms with Gasteiger partial charge in [-0.25, -0.2) is 0 Å². The number of benzene rings is 2. The Balaban J connectivity index is 1.79. The van der Waals surface area contributed by atoms with Crippen molar-refractivity contribution in [3.8, 4) is 5.75 Å². The SMILES string of the molecule is O=C(COc1ccccc1Cl)c1c[nH]c2ccccc12. The van der Waals surface area contributed by atoms with Crippen molar-refractivity contribution in [3.05, 3.63) is 65.3 Å². The summed E-state index contributed by atoms with van der Waals surface area (Å²) < 4.78 is 5.48. The maximum atomic E-state index is 12.2. The number of halogens is 1. The number of hydrogen-bond donors (Lipinski definition) is 1. The molecule has 1 N–H and O–H groups in total. The molecule has 0 spiro atoms. The first-order chi connectivity index (χ1) is 9.75. The van der Waals surface area contributed by atoms with Crippen LogP contribution < -0.4 is 4.74 Å². The number of hydrogen-bond acceptors (Lipinski definition) is 2. The zero-order chi connectivity index (χ0) is 13.9. The Morgan fingerprint density at radius 2 is 1.85 bits per heavy atom. The number of ketones is 1. The molecule has 0 fully saturated rings. The summed E-state index contributed by atoms with van der Waals surface area (Å²) in [7, 11) is 0. The molecule has 3 nitrogen and oxygen atoms in total. The predicted octanol–water partition coefficient (Wildman–Crippen LogP) is 4.08. The van der Waals surface area contributed by atoms with Crippen LogP contribution in [-0.4, -0.2) is 17.4 Å². The number of aromatic nitrogens is 1. The summed E-state index contributed by atoms with van der Waals surface area (Å²) >= 11 is 5.99. The van der Waals surface area contributed by atoms with Crippen LogP contribution in [0.1, 0.15) is 10.4 Å². The van der Waals surface area contributed by atoms with Crippen LogP contribution in [0.25, 0.3) is 10.9 Å². The van der Waals surface area contributed by atoms with Gasteiger partial charge in [-0.3, -0.25) is 4.79 Å². The van der Waals surface area contributed by atoms with E-state index >= 15 is 0 Å². The van der Waals surface area contributed by atoms with Crippen molar-refractivity contribution in [3.63, 3.8) is 0 Å². The van der Waals surface area contributed by atoms with Crippen LogP contribution in [0.3, 0.4) is 0 Å². The third kappa shape index (κ3) is 2.40. The average molecular weight is 286 g/mol. The Labute approximate surface area is 121 Å². The lowest BCUT2D eigenvalue weighted by molar-refractivity contribution is 0.0923. The van der Waals surface area contributed by atoms with E-state index in [0.29, 0.717) is 16.3 Å². The van der Waals surface area contributed by atoms with Crippen molar-refractivity contribution < 1.29 is 9.53 Å². The summed E-state index contributed by atoms with van der Waals surface area (Å²) in [6.07, 6.45) is 1.71. The molecule has 4 heteroatoms. The zero-order valence-electron chi connectivity index (χ0n) is 10.6. The topological polar surface area (TPSA) is 42.1 Å². The van der Waals surface area contributed by atoms with E-state index in [-0.39, 0.29) is 12.4 Å². The molecule has 1 heterocycles. The fourth-order valence-corrected chi connectivity index (χ4v) is 2.28. The summed E-state index contributed by atoms with van der Waals surface area (Å²) in [5.74, 6) is 0.435. The van der Waals surface area contributed by atoms with Gasteiger partial charge in [0.05, 0.1) is 5.02 Å². The van der Waals surface area contributed by atoms with Gasteiger partial charge in [0.15, 0.2) is 6.61 Å². The summed E-state index contributed by atoms with van der Waals surface area (Å²) in [5.41, 5.74) is 1.57. The predicted molar refractivity (Wildman–Crippen MR) is 79.6 cm³/mol. The minimum Gasteiger partial charge on any atom is -0.484 e. The highest BCUT2D eigenvalue weighted by Crippen LogP contribution is 2.24. The Bertz CT molecular complexity index is 764. The number of nitrogens with one attached hydrogen (secondary N) is 1. The van der Waals surface area contributed by atoms with Gasteiger partial charge in [0.1, 0.15) is 5.75 Å². The molecule has 0 bridgehead atoms.